The van der Waals surface area contributed by atoms with Crippen molar-refractivity contribution in [1.29, 1.82) is 0 Å². The van der Waals surface area contributed by atoms with Gasteiger partial charge in [0.1, 0.15) is 22.8 Å². The molecule has 0 saturated carbocycles. The second kappa shape index (κ2) is 12.5. The fourth-order valence-corrected chi connectivity index (χ4v) is 5.89. The molecule has 0 saturated heterocycles. The van der Waals surface area contributed by atoms with E-state index in [2.05, 4.69) is 27.4 Å². The standard InChI is InChI=1S/C30H32FN5O2S/c1-35(2)14-7-12-27(37)36-15-13-24-26(17-36)39-30-28(24)29(32-20-33-30)34-25(22-9-4-3-5-10-22)19-38-18-21-8-6-11-23(31)16-21/h3-12,16,20,25H,13-15,17-19H2,1-2H3,(H,32,33,34)/t25-/m1/s1. The van der Waals surface area contributed by atoms with Crippen LogP contribution in [-0.2, 0) is 29.1 Å². The van der Waals surface area contributed by atoms with Crippen LogP contribution in [0.4, 0.5) is 10.2 Å². The number of benzene rings is 2. The third-order valence-electron chi connectivity index (χ3n) is 6.63. The van der Waals surface area contributed by atoms with Gasteiger partial charge in [0, 0.05) is 24.0 Å². The molecule has 2 aromatic carbocycles. The zero-order valence-electron chi connectivity index (χ0n) is 22.1. The van der Waals surface area contributed by atoms with Crippen LogP contribution < -0.4 is 5.32 Å². The van der Waals surface area contributed by atoms with E-state index < -0.39 is 0 Å². The van der Waals surface area contributed by atoms with Crippen LogP contribution >= 0.6 is 11.3 Å². The number of hydrogen-bond donors (Lipinski definition) is 1. The molecule has 1 atom stereocenters. The average Bonchev–Trinajstić information content (AvgIpc) is 3.31. The van der Waals surface area contributed by atoms with Crippen molar-refractivity contribution >= 4 is 33.3 Å². The number of nitrogens with zero attached hydrogens (tertiary/aromatic N) is 4. The molecule has 0 aliphatic carbocycles. The van der Waals surface area contributed by atoms with E-state index in [1.807, 2.05) is 54.2 Å². The van der Waals surface area contributed by atoms with Gasteiger partial charge in [0.15, 0.2) is 0 Å². The monoisotopic (exact) mass is 545 g/mol. The van der Waals surface area contributed by atoms with Crippen LogP contribution in [0.5, 0.6) is 0 Å². The number of ether oxygens (including phenoxy) is 1. The molecule has 1 amide bonds. The highest BCUT2D eigenvalue weighted by Gasteiger charge is 2.26. The van der Waals surface area contributed by atoms with Crippen molar-refractivity contribution in [3.8, 4) is 0 Å². The second-order valence-corrected chi connectivity index (χ2v) is 10.9. The Bertz CT molecular complexity index is 1460. The number of rotatable bonds is 10. The largest absolute Gasteiger partial charge is 0.374 e. The molecule has 39 heavy (non-hydrogen) atoms. The molecule has 5 rings (SSSR count). The van der Waals surface area contributed by atoms with Gasteiger partial charge in [-0.2, -0.15) is 0 Å². The lowest BCUT2D eigenvalue weighted by molar-refractivity contribution is -0.126. The minimum Gasteiger partial charge on any atom is -0.374 e. The Hall–Kier alpha value is -3.66. The normalized spacial score (nSPS) is 14.2. The Morgan fingerprint density at radius 3 is 2.85 bits per heavy atom. The summed E-state index contributed by atoms with van der Waals surface area (Å²) in [5.74, 6) is 0.514. The molecular formula is C30H32FN5O2S. The highest BCUT2D eigenvalue weighted by molar-refractivity contribution is 7.19. The Morgan fingerprint density at radius 1 is 1.21 bits per heavy atom. The van der Waals surface area contributed by atoms with Crippen LogP contribution in [-0.4, -0.2) is 59.5 Å². The number of thiophene rings is 1. The van der Waals surface area contributed by atoms with Gasteiger partial charge in [-0.3, -0.25) is 4.79 Å². The third-order valence-corrected chi connectivity index (χ3v) is 7.76. The fourth-order valence-electron chi connectivity index (χ4n) is 4.69. The Morgan fingerprint density at radius 2 is 2.05 bits per heavy atom. The van der Waals surface area contributed by atoms with E-state index in [4.69, 9.17) is 4.74 Å². The number of amides is 1. The highest BCUT2D eigenvalue weighted by atomic mass is 32.1. The van der Waals surface area contributed by atoms with Crippen molar-refractivity contribution in [2.24, 2.45) is 0 Å². The molecule has 202 valence electrons. The number of anilines is 1. The maximum absolute atomic E-state index is 13.6. The van der Waals surface area contributed by atoms with Crippen molar-refractivity contribution < 1.29 is 13.9 Å². The summed E-state index contributed by atoms with van der Waals surface area (Å²) in [5, 5.41) is 4.62. The van der Waals surface area contributed by atoms with Crippen molar-refractivity contribution in [2.45, 2.75) is 25.6 Å². The van der Waals surface area contributed by atoms with Gasteiger partial charge in [-0.05, 0) is 49.3 Å². The summed E-state index contributed by atoms with van der Waals surface area (Å²) in [7, 11) is 3.95. The van der Waals surface area contributed by atoms with E-state index in [1.165, 1.54) is 17.7 Å². The van der Waals surface area contributed by atoms with Gasteiger partial charge in [0.25, 0.3) is 0 Å². The summed E-state index contributed by atoms with van der Waals surface area (Å²) in [6, 6.07) is 16.4. The number of carbonyl (C=O) groups excluding carboxylic acids is 1. The molecule has 3 heterocycles. The van der Waals surface area contributed by atoms with Crippen LogP contribution in [0.3, 0.4) is 0 Å². The van der Waals surface area contributed by atoms with E-state index >= 15 is 0 Å². The van der Waals surface area contributed by atoms with Crippen molar-refractivity contribution in [3.63, 3.8) is 0 Å². The Balaban J connectivity index is 1.35. The summed E-state index contributed by atoms with van der Waals surface area (Å²) >= 11 is 1.62. The number of likely N-dealkylation sites (N-methyl/N-ethyl adjacent to an activating group) is 1. The van der Waals surface area contributed by atoms with Crippen molar-refractivity contribution in [1.82, 2.24) is 19.8 Å². The molecule has 7 nitrogen and oxygen atoms in total. The number of hydrogen-bond acceptors (Lipinski definition) is 7. The summed E-state index contributed by atoms with van der Waals surface area (Å²) in [4.78, 5) is 27.9. The SMILES string of the molecule is CN(C)CC=CC(=O)N1CCc2c(sc3ncnc(N[C@H](COCc4cccc(F)c4)c4ccccc4)c23)C1. The summed E-state index contributed by atoms with van der Waals surface area (Å²) in [6.07, 6.45) is 5.89. The van der Waals surface area contributed by atoms with Gasteiger partial charge in [0.2, 0.25) is 5.91 Å². The zero-order valence-corrected chi connectivity index (χ0v) is 23.0. The number of fused-ring (bicyclic) bond motifs is 3. The van der Waals surface area contributed by atoms with Crippen LogP contribution in [0, 0.1) is 5.82 Å². The molecular weight excluding hydrogens is 513 g/mol. The minimum absolute atomic E-state index is 0.0315. The first-order chi connectivity index (χ1) is 19.0. The lowest BCUT2D eigenvalue weighted by Gasteiger charge is -2.26. The zero-order chi connectivity index (χ0) is 27.2. The first-order valence-electron chi connectivity index (χ1n) is 13.0. The van der Waals surface area contributed by atoms with Gasteiger partial charge in [-0.15, -0.1) is 11.3 Å². The molecule has 0 spiro atoms. The van der Waals surface area contributed by atoms with Crippen LogP contribution in [0.1, 0.15) is 27.6 Å². The second-order valence-electron chi connectivity index (χ2n) is 9.83. The van der Waals surface area contributed by atoms with E-state index in [0.717, 1.165) is 45.0 Å². The number of nitrogens with one attached hydrogen (secondary N) is 1. The Kier molecular flexibility index (Phi) is 8.61. The van der Waals surface area contributed by atoms with Gasteiger partial charge >= 0.3 is 0 Å². The van der Waals surface area contributed by atoms with Gasteiger partial charge < -0.3 is 19.9 Å². The number of aromatic nitrogens is 2. The van der Waals surface area contributed by atoms with Gasteiger partial charge in [-0.25, -0.2) is 14.4 Å². The first-order valence-corrected chi connectivity index (χ1v) is 13.8. The highest BCUT2D eigenvalue weighted by Crippen LogP contribution is 2.38. The maximum atomic E-state index is 13.6. The van der Waals surface area contributed by atoms with Crippen molar-refractivity contribution in [3.05, 3.63) is 100 Å². The summed E-state index contributed by atoms with van der Waals surface area (Å²) < 4.78 is 19.6. The molecule has 9 heteroatoms. The molecule has 0 unspecified atom stereocenters. The van der Waals surface area contributed by atoms with Crippen LogP contribution in [0.25, 0.3) is 10.2 Å². The molecule has 0 fully saturated rings. The van der Waals surface area contributed by atoms with Crippen molar-refractivity contribution in [2.75, 3.05) is 39.1 Å². The lowest BCUT2D eigenvalue weighted by Crippen LogP contribution is -2.34. The van der Waals surface area contributed by atoms with Gasteiger partial charge in [0.05, 0.1) is 31.2 Å². The molecule has 4 aromatic rings. The van der Waals surface area contributed by atoms with Crippen LogP contribution in [0.2, 0.25) is 0 Å². The first kappa shape index (κ1) is 26.9. The molecule has 1 aliphatic heterocycles. The lowest BCUT2D eigenvalue weighted by atomic mass is 10.0. The molecule has 2 aromatic heterocycles. The predicted octanol–water partition coefficient (Wildman–Crippen LogP) is 5.20. The quantitative estimate of drug-likeness (QED) is 0.276. The van der Waals surface area contributed by atoms with E-state index in [9.17, 15) is 9.18 Å². The van der Waals surface area contributed by atoms with E-state index in [-0.39, 0.29) is 17.8 Å². The fraction of sp³-hybridized carbons (Fsp3) is 0.300. The van der Waals surface area contributed by atoms with Gasteiger partial charge in [-0.1, -0.05) is 48.5 Å². The average molecular weight is 546 g/mol. The topological polar surface area (TPSA) is 70.6 Å². The number of halogens is 1. The molecule has 1 N–H and O–H groups in total. The van der Waals surface area contributed by atoms with E-state index in [1.54, 1.807) is 29.8 Å². The van der Waals surface area contributed by atoms with E-state index in [0.29, 0.717) is 26.3 Å². The smallest absolute Gasteiger partial charge is 0.246 e. The summed E-state index contributed by atoms with van der Waals surface area (Å²) in [5.41, 5.74) is 3.05. The minimum atomic E-state index is -0.274. The van der Waals surface area contributed by atoms with Crippen LogP contribution in [0.15, 0.2) is 73.1 Å². The maximum Gasteiger partial charge on any atom is 0.246 e. The molecule has 0 radical (unpaired) electrons. The molecule has 0 bridgehead atoms. The number of carbonyl (C=O) groups is 1. The predicted molar refractivity (Wildman–Crippen MR) is 153 cm³/mol. The molecule has 1 aliphatic rings. The summed E-state index contributed by atoms with van der Waals surface area (Å²) in [6.45, 7) is 2.63. The Labute approximate surface area is 232 Å². The third kappa shape index (κ3) is 6.68.